The minimum absolute atomic E-state index is 0.000222. The van der Waals surface area contributed by atoms with Crippen molar-refractivity contribution in [2.75, 3.05) is 19.4 Å². The Balaban J connectivity index is 4.56. The van der Waals surface area contributed by atoms with Crippen molar-refractivity contribution in [1.29, 1.82) is 0 Å². The molecule has 0 amide bonds. The van der Waals surface area contributed by atoms with Crippen molar-refractivity contribution in [2.24, 2.45) is 11.3 Å². The van der Waals surface area contributed by atoms with Crippen molar-refractivity contribution in [1.82, 2.24) is 4.72 Å². The Labute approximate surface area is 119 Å². The summed E-state index contributed by atoms with van der Waals surface area (Å²) in [5.41, 5.74) is -1.19. The molecule has 8 heteroatoms. The molecule has 0 aliphatic rings. The molecule has 0 aliphatic carbocycles. The summed E-state index contributed by atoms with van der Waals surface area (Å²) in [5.74, 6) is -0.261. The largest absolute Gasteiger partial charge is 0.389 e. The highest BCUT2D eigenvalue weighted by Gasteiger charge is 2.37. The molecule has 0 spiro atoms. The van der Waals surface area contributed by atoms with E-state index in [-0.39, 0.29) is 18.2 Å². The first-order valence-corrected chi connectivity index (χ1v) is 8.00. The minimum Gasteiger partial charge on any atom is -0.380 e. The van der Waals surface area contributed by atoms with Crippen molar-refractivity contribution >= 4 is 10.0 Å². The van der Waals surface area contributed by atoms with Crippen LogP contribution in [-0.2, 0) is 14.8 Å². The lowest BCUT2D eigenvalue weighted by Gasteiger charge is -2.27. The van der Waals surface area contributed by atoms with E-state index in [4.69, 9.17) is 4.74 Å². The van der Waals surface area contributed by atoms with Gasteiger partial charge in [-0.1, -0.05) is 27.7 Å². The highest BCUT2D eigenvalue weighted by Crippen LogP contribution is 2.32. The summed E-state index contributed by atoms with van der Waals surface area (Å²) < 4.78 is 68.0. The summed E-state index contributed by atoms with van der Waals surface area (Å²) in [4.78, 5) is 0. The van der Waals surface area contributed by atoms with Crippen LogP contribution in [0.15, 0.2) is 0 Å². The predicted octanol–water partition coefficient (Wildman–Crippen LogP) is 2.56. The van der Waals surface area contributed by atoms with Gasteiger partial charge in [-0.3, -0.25) is 0 Å². The van der Waals surface area contributed by atoms with Gasteiger partial charge >= 0.3 is 6.18 Å². The molecule has 0 saturated carbocycles. The Bertz CT molecular complexity index is 391. The molecule has 0 aliphatic heterocycles. The third-order valence-electron chi connectivity index (χ3n) is 2.88. The number of alkyl halides is 3. The van der Waals surface area contributed by atoms with Crippen LogP contribution in [0.3, 0.4) is 0 Å². The van der Waals surface area contributed by atoms with E-state index in [2.05, 4.69) is 4.72 Å². The van der Waals surface area contributed by atoms with Gasteiger partial charge in [-0.2, -0.15) is 13.2 Å². The molecular weight excluding hydrogens is 295 g/mol. The van der Waals surface area contributed by atoms with Crippen LogP contribution in [0.5, 0.6) is 0 Å². The van der Waals surface area contributed by atoms with Gasteiger partial charge in [0.15, 0.2) is 0 Å². The second kappa shape index (κ2) is 7.09. The molecule has 0 aromatic rings. The molecular formula is C12H24F3NO3S. The zero-order chi connectivity index (χ0) is 16.2. The molecule has 4 nitrogen and oxygen atoms in total. The van der Waals surface area contributed by atoms with Crippen LogP contribution >= 0.6 is 0 Å². The number of hydrogen-bond acceptors (Lipinski definition) is 3. The van der Waals surface area contributed by atoms with Gasteiger partial charge in [0.2, 0.25) is 10.0 Å². The molecule has 20 heavy (non-hydrogen) atoms. The second-order valence-electron chi connectivity index (χ2n) is 6.08. The average Bonchev–Trinajstić information content (AvgIpc) is 2.20. The fraction of sp³-hybridized carbons (Fsp3) is 1.00. The third kappa shape index (κ3) is 8.76. The van der Waals surface area contributed by atoms with E-state index in [0.717, 1.165) is 0 Å². The number of rotatable bonds is 8. The second-order valence-corrected chi connectivity index (χ2v) is 7.93. The van der Waals surface area contributed by atoms with Gasteiger partial charge in [0.05, 0.1) is 11.9 Å². The molecule has 0 saturated heterocycles. The van der Waals surface area contributed by atoms with E-state index in [1.165, 1.54) is 21.0 Å². The van der Waals surface area contributed by atoms with Crippen LogP contribution in [0.2, 0.25) is 0 Å². The molecule has 0 rings (SSSR count). The lowest BCUT2D eigenvalue weighted by Crippen LogP contribution is -2.41. The predicted molar refractivity (Wildman–Crippen MR) is 71.9 cm³/mol. The maximum atomic E-state index is 12.3. The molecule has 1 unspecified atom stereocenters. The summed E-state index contributed by atoms with van der Waals surface area (Å²) in [7, 11) is -2.26. The van der Waals surface area contributed by atoms with Gasteiger partial charge in [0.1, 0.15) is 0 Å². The summed E-state index contributed by atoms with van der Waals surface area (Å²) in [6.07, 6.45) is -5.85. The Morgan fingerprint density at radius 3 is 2.05 bits per heavy atom. The smallest absolute Gasteiger partial charge is 0.380 e. The molecule has 0 aromatic carbocycles. The lowest BCUT2D eigenvalue weighted by molar-refractivity contribution is -0.153. The van der Waals surface area contributed by atoms with Crippen molar-refractivity contribution in [3.8, 4) is 0 Å². The maximum absolute atomic E-state index is 12.3. The normalized spacial score (nSPS) is 15.7. The Kier molecular flexibility index (Phi) is 6.96. The fourth-order valence-electron chi connectivity index (χ4n) is 1.72. The number of methoxy groups -OCH3 is 1. The monoisotopic (exact) mass is 319 g/mol. The van der Waals surface area contributed by atoms with Gasteiger partial charge in [-0.05, 0) is 11.3 Å². The molecule has 122 valence electrons. The van der Waals surface area contributed by atoms with E-state index in [0.29, 0.717) is 0 Å². The first-order chi connectivity index (χ1) is 8.78. The van der Waals surface area contributed by atoms with Gasteiger partial charge in [-0.25, -0.2) is 13.1 Å². The van der Waals surface area contributed by atoms with E-state index in [1.54, 1.807) is 0 Å². The Hall–Kier alpha value is -0.340. The van der Waals surface area contributed by atoms with Gasteiger partial charge in [-0.15, -0.1) is 0 Å². The quantitative estimate of drug-likeness (QED) is 0.748. The Morgan fingerprint density at radius 2 is 1.70 bits per heavy atom. The highest BCUT2D eigenvalue weighted by molar-refractivity contribution is 7.89. The topological polar surface area (TPSA) is 55.4 Å². The minimum atomic E-state index is -4.32. The van der Waals surface area contributed by atoms with Gasteiger partial charge in [0, 0.05) is 20.1 Å². The molecule has 0 fully saturated rings. The molecule has 0 radical (unpaired) electrons. The van der Waals surface area contributed by atoms with Crippen LogP contribution < -0.4 is 4.72 Å². The molecule has 0 aromatic heterocycles. The summed E-state index contributed by atoms with van der Waals surface area (Å²) in [6.45, 7) is 6.12. The summed E-state index contributed by atoms with van der Waals surface area (Å²) >= 11 is 0. The standard InChI is InChI=1S/C12H24F3NO3S/c1-9(2)10(19-5)6-20(17,18)16-8-11(3,4)7-12(13,14)15/h9-10,16H,6-8H2,1-5H3. The SMILES string of the molecule is COC(CS(=O)(=O)NCC(C)(C)CC(F)(F)F)C(C)C. The van der Waals surface area contributed by atoms with Crippen molar-refractivity contribution < 1.29 is 26.3 Å². The molecule has 0 heterocycles. The number of nitrogens with one attached hydrogen (secondary N) is 1. The summed E-state index contributed by atoms with van der Waals surface area (Å²) in [5, 5.41) is 0. The summed E-state index contributed by atoms with van der Waals surface area (Å²) in [6, 6.07) is 0. The fourth-order valence-corrected chi connectivity index (χ4v) is 3.40. The van der Waals surface area contributed by atoms with E-state index in [1.807, 2.05) is 13.8 Å². The average molecular weight is 319 g/mol. The zero-order valence-corrected chi connectivity index (χ0v) is 13.4. The first-order valence-electron chi connectivity index (χ1n) is 6.35. The molecule has 0 bridgehead atoms. The molecule has 1 atom stereocenters. The van der Waals surface area contributed by atoms with Crippen LogP contribution in [-0.4, -0.2) is 40.1 Å². The van der Waals surface area contributed by atoms with Crippen molar-refractivity contribution in [3.05, 3.63) is 0 Å². The highest BCUT2D eigenvalue weighted by atomic mass is 32.2. The van der Waals surface area contributed by atoms with Crippen LogP contribution in [0.4, 0.5) is 13.2 Å². The van der Waals surface area contributed by atoms with E-state index >= 15 is 0 Å². The maximum Gasteiger partial charge on any atom is 0.389 e. The number of halogens is 3. The van der Waals surface area contributed by atoms with Crippen LogP contribution in [0.1, 0.15) is 34.1 Å². The zero-order valence-electron chi connectivity index (χ0n) is 12.5. The van der Waals surface area contributed by atoms with Crippen LogP contribution in [0.25, 0.3) is 0 Å². The first kappa shape index (κ1) is 19.7. The lowest BCUT2D eigenvalue weighted by atomic mass is 9.89. The Morgan fingerprint density at radius 1 is 1.20 bits per heavy atom. The van der Waals surface area contributed by atoms with Crippen molar-refractivity contribution in [3.63, 3.8) is 0 Å². The van der Waals surface area contributed by atoms with Gasteiger partial charge < -0.3 is 4.74 Å². The van der Waals surface area contributed by atoms with E-state index < -0.39 is 34.1 Å². The number of hydrogen-bond donors (Lipinski definition) is 1. The van der Waals surface area contributed by atoms with Gasteiger partial charge in [0.25, 0.3) is 0 Å². The molecule has 1 N–H and O–H groups in total. The van der Waals surface area contributed by atoms with Crippen LogP contribution in [0, 0.1) is 11.3 Å². The van der Waals surface area contributed by atoms with Crippen molar-refractivity contribution in [2.45, 2.75) is 46.4 Å². The number of ether oxygens (including phenoxy) is 1. The third-order valence-corrected chi connectivity index (χ3v) is 4.23. The van der Waals surface area contributed by atoms with E-state index in [9.17, 15) is 21.6 Å². The number of sulfonamides is 1.